The van der Waals surface area contributed by atoms with E-state index in [2.05, 4.69) is 18.7 Å². The number of aromatic carboxylic acids is 1. The van der Waals surface area contributed by atoms with Gasteiger partial charge in [0.1, 0.15) is 0 Å². The molecule has 140 valence electrons. The van der Waals surface area contributed by atoms with Gasteiger partial charge in [0.25, 0.3) is 0 Å². The van der Waals surface area contributed by atoms with E-state index in [1.54, 1.807) is 6.07 Å². The van der Waals surface area contributed by atoms with Gasteiger partial charge in [-0.1, -0.05) is 42.5 Å². The maximum absolute atomic E-state index is 11.9. The van der Waals surface area contributed by atoms with Crippen molar-refractivity contribution in [3.05, 3.63) is 72.3 Å². The molecule has 4 heteroatoms. The molecule has 0 unspecified atom stereocenters. The Morgan fingerprint density at radius 2 is 1.68 bits per heavy atom. The van der Waals surface area contributed by atoms with E-state index < -0.39 is 5.97 Å². The van der Waals surface area contributed by atoms with Gasteiger partial charge in [-0.2, -0.15) is 0 Å². The van der Waals surface area contributed by atoms with Crippen LogP contribution in [0.25, 0.3) is 32.9 Å². The number of anilines is 1. The fourth-order valence-corrected chi connectivity index (χ4v) is 3.75. The molecule has 3 aromatic carbocycles. The van der Waals surface area contributed by atoms with Crippen LogP contribution in [-0.2, 0) is 0 Å². The van der Waals surface area contributed by atoms with E-state index in [0.717, 1.165) is 35.1 Å². The minimum absolute atomic E-state index is 0.171. The molecule has 28 heavy (non-hydrogen) atoms. The summed E-state index contributed by atoms with van der Waals surface area (Å²) in [5.74, 6) is -1.19. The molecule has 0 fully saturated rings. The summed E-state index contributed by atoms with van der Waals surface area (Å²) >= 11 is 0. The third kappa shape index (κ3) is 3.07. The highest BCUT2D eigenvalue weighted by Gasteiger charge is 2.12. The van der Waals surface area contributed by atoms with Gasteiger partial charge in [0.15, 0.2) is 0 Å². The van der Waals surface area contributed by atoms with Crippen LogP contribution in [0, 0.1) is 0 Å². The van der Waals surface area contributed by atoms with E-state index in [1.807, 2.05) is 60.7 Å². The number of hydrogen-bond acceptors (Lipinski definition) is 4. The number of rotatable bonds is 5. The van der Waals surface area contributed by atoms with Crippen LogP contribution in [-0.4, -0.2) is 24.0 Å². The first-order valence-corrected chi connectivity index (χ1v) is 9.51. The average molecular weight is 369 g/mol. The molecular weight excluding hydrogens is 348 g/mol. The number of carbonyl (C=O) groups is 1. The minimum atomic E-state index is -1.19. The number of fused-ring (bicyclic) bond motifs is 3. The van der Waals surface area contributed by atoms with Gasteiger partial charge in [0.2, 0.25) is 0 Å². The summed E-state index contributed by atoms with van der Waals surface area (Å²) in [6.07, 6.45) is 0. The van der Waals surface area contributed by atoms with E-state index in [9.17, 15) is 9.90 Å². The molecule has 4 rings (SSSR count). The van der Waals surface area contributed by atoms with Gasteiger partial charge in [-0.15, -0.1) is 0 Å². The van der Waals surface area contributed by atoms with Crippen LogP contribution in [0.1, 0.15) is 24.2 Å². The standard InChI is InChI=1S/C24H22N2O2/c1-3-26(4-2)18-12-9-17(10-13-18)22-15-20(24(27)28)23-19-8-6-5-7-16(19)11-14-21(23)25-22/h5-15H,3-4H2,1-2H3,(H,27,28)/p-1. The lowest BCUT2D eigenvalue weighted by Gasteiger charge is -2.21. The van der Waals surface area contributed by atoms with Gasteiger partial charge in [0.05, 0.1) is 17.2 Å². The van der Waals surface area contributed by atoms with E-state index >= 15 is 0 Å². The molecule has 0 spiro atoms. The smallest absolute Gasteiger partial charge is 0.0723 e. The minimum Gasteiger partial charge on any atom is -0.545 e. The molecule has 0 aliphatic heterocycles. The second kappa shape index (κ2) is 7.31. The summed E-state index contributed by atoms with van der Waals surface area (Å²) in [6.45, 7) is 6.12. The van der Waals surface area contributed by atoms with Crippen molar-refractivity contribution in [2.75, 3.05) is 18.0 Å². The summed E-state index contributed by atoms with van der Waals surface area (Å²) in [4.78, 5) is 18.9. The predicted molar refractivity (Wildman–Crippen MR) is 113 cm³/mol. The van der Waals surface area contributed by atoms with Crippen molar-refractivity contribution >= 4 is 33.3 Å². The molecular formula is C24H21N2O2-. The fourth-order valence-electron chi connectivity index (χ4n) is 3.75. The lowest BCUT2D eigenvalue weighted by atomic mass is 9.98. The molecule has 1 aromatic heterocycles. The topological polar surface area (TPSA) is 56.3 Å². The van der Waals surface area contributed by atoms with Crippen LogP contribution in [0.2, 0.25) is 0 Å². The monoisotopic (exact) mass is 369 g/mol. The maximum Gasteiger partial charge on any atom is 0.0723 e. The number of pyridine rings is 1. The van der Waals surface area contributed by atoms with Gasteiger partial charge in [-0.05, 0) is 48.9 Å². The normalized spacial score (nSPS) is 11.1. The lowest BCUT2D eigenvalue weighted by Crippen LogP contribution is -2.23. The molecule has 0 amide bonds. The van der Waals surface area contributed by atoms with Gasteiger partial charge < -0.3 is 14.8 Å². The lowest BCUT2D eigenvalue weighted by molar-refractivity contribution is -0.254. The Kier molecular flexibility index (Phi) is 4.70. The SMILES string of the molecule is CCN(CC)c1ccc(-c2cc(C(=O)[O-])c3c(ccc4ccccc43)n2)cc1. The Labute approximate surface area is 164 Å². The Morgan fingerprint density at radius 1 is 0.964 bits per heavy atom. The average Bonchev–Trinajstić information content (AvgIpc) is 2.74. The quantitative estimate of drug-likeness (QED) is 0.493. The third-order valence-electron chi connectivity index (χ3n) is 5.21. The Morgan fingerprint density at radius 3 is 2.36 bits per heavy atom. The summed E-state index contributed by atoms with van der Waals surface area (Å²) in [5.41, 5.74) is 3.48. The predicted octanol–water partition coefficient (Wildman–Crippen LogP) is 4.26. The Bertz CT molecular complexity index is 1160. The van der Waals surface area contributed by atoms with Gasteiger partial charge in [-0.3, -0.25) is 0 Å². The second-order valence-corrected chi connectivity index (χ2v) is 6.74. The number of aromatic nitrogens is 1. The summed E-state index contributed by atoms with van der Waals surface area (Å²) in [7, 11) is 0. The highest BCUT2D eigenvalue weighted by molar-refractivity contribution is 6.15. The molecule has 0 radical (unpaired) electrons. The molecule has 0 bridgehead atoms. The number of benzene rings is 3. The summed E-state index contributed by atoms with van der Waals surface area (Å²) in [5, 5.41) is 14.4. The largest absolute Gasteiger partial charge is 0.545 e. The molecule has 0 saturated carbocycles. The molecule has 4 nitrogen and oxygen atoms in total. The van der Waals surface area contributed by atoms with Crippen molar-refractivity contribution < 1.29 is 9.90 Å². The first-order valence-electron chi connectivity index (χ1n) is 9.51. The zero-order valence-corrected chi connectivity index (χ0v) is 16.0. The van der Waals surface area contributed by atoms with Gasteiger partial charge in [-0.25, -0.2) is 4.98 Å². The molecule has 0 saturated heterocycles. The number of carbonyl (C=O) groups excluding carboxylic acids is 1. The number of carboxylic acids is 1. The molecule has 0 N–H and O–H groups in total. The van der Waals surface area contributed by atoms with E-state index in [1.165, 1.54) is 0 Å². The van der Waals surface area contributed by atoms with Crippen LogP contribution in [0.3, 0.4) is 0 Å². The molecule has 0 aliphatic carbocycles. The first kappa shape index (κ1) is 18.0. The summed E-state index contributed by atoms with van der Waals surface area (Å²) in [6, 6.07) is 21.3. The van der Waals surface area contributed by atoms with Gasteiger partial charge >= 0.3 is 0 Å². The van der Waals surface area contributed by atoms with Crippen molar-refractivity contribution in [3.63, 3.8) is 0 Å². The van der Waals surface area contributed by atoms with Crippen LogP contribution in [0.5, 0.6) is 0 Å². The number of carboxylic acid groups (broad SMARTS) is 1. The molecule has 4 aromatic rings. The van der Waals surface area contributed by atoms with E-state index in [4.69, 9.17) is 4.98 Å². The van der Waals surface area contributed by atoms with Crippen molar-refractivity contribution in [3.8, 4) is 11.3 Å². The zero-order valence-electron chi connectivity index (χ0n) is 16.0. The molecule has 0 atom stereocenters. The van der Waals surface area contributed by atoms with E-state index in [0.29, 0.717) is 16.6 Å². The first-order chi connectivity index (χ1) is 13.6. The second-order valence-electron chi connectivity index (χ2n) is 6.74. The van der Waals surface area contributed by atoms with Crippen molar-refractivity contribution in [2.24, 2.45) is 0 Å². The van der Waals surface area contributed by atoms with Crippen LogP contribution in [0.15, 0.2) is 66.7 Å². The van der Waals surface area contributed by atoms with E-state index in [-0.39, 0.29) is 5.56 Å². The summed E-state index contributed by atoms with van der Waals surface area (Å²) < 4.78 is 0. The van der Waals surface area contributed by atoms with Crippen LogP contribution in [0.4, 0.5) is 5.69 Å². The van der Waals surface area contributed by atoms with Crippen molar-refractivity contribution in [1.29, 1.82) is 0 Å². The highest BCUT2D eigenvalue weighted by atomic mass is 16.4. The van der Waals surface area contributed by atoms with Crippen LogP contribution < -0.4 is 10.0 Å². The van der Waals surface area contributed by atoms with Crippen molar-refractivity contribution in [1.82, 2.24) is 4.98 Å². The molecule has 1 heterocycles. The fraction of sp³-hybridized carbons (Fsp3) is 0.167. The van der Waals surface area contributed by atoms with Crippen LogP contribution >= 0.6 is 0 Å². The Hall–Kier alpha value is -3.40. The number of nitrogens with zero attached hydrogens (tertiary/aromatic N) is 2. The number of hydrogen-bond donors (Lipinski definition) is 0. The van der Waals surface area contributed by atoms with Crippen molar-refractivity contribution in [2.45, 2.75) is 13.8 Å². The Balaban J connectivity index is 1.89. The third-order valence-corrected chi connectivity index (χ3v) is 5.21. The highest BCUT2D eigenvalue weighted by Crippen LogP contribution is 2.31. The van der Waals surface area contributed by atoms with Gasteiger partial charge in [0, 0.05) is 35.3 Å². The maximum atomic E-state index is 11.9. The zero-order chi connectivity index (χ0) is 19.7. The molecule has 0 aliphatic rings.